The van der Waals surface area contributed by atoms with Gasteiger partial charge in [-0.05, 0) is 25.7 Å². The van der Waals surface area contributed by atoms with Gasteiger partial charge >= 0.3 is 6.98 Å². The largest absolute Gasteiger partial charge is 0.475 e. The molecule has 0 aromatic rings. The Morgan fingerprint density at radius 2 is 0.773 bits per heavy atom. The Morgan fingerprint density at radius 3 is 0.909 bits per heavy atom. The fraction of sp³-hybridized carbons (Fsp3) is 1.00. The predicted molar refractivity (Wildman–Crippen MR) is 94.3 cm³/mol. The van der Waals surface area contributed by atoms with Gasteiger partial charge in [-0.25, -0.2) is 0 Å². The predicted octanol–water partition coefficient (Wildman–Crippen LogP) is 6.47. The molecule has 0 amide bonds. The Kier molecular flexibility index (Phi) is 15.8. The van der Waals surface area contributed by atoms with Crippen LogP contribution in [0.25, 0.3) is 0 Å². The summed E-state index contributed by atoms with van der Waals surface area (Å²) >= 11 is 0. The molecule has 0 aliphatic heterocycles. The molecule has 0 fully saturated rings. The molecule has 0 spiro atoms. The van der Waals surface area contributed by atoms with Crippen molar-refractivity contribution in [3.8, 4) is 0 Å². The van der Waals surface area contributed by atoms with Crippen molar-refractivity contribution in [3.63, 3.8) is 0 Å². The van der Waals surface area contributed by atoms with Crippen LogP contribution in [-0.4, -0.2) is 37.6 Å². The van der Waals surface area contributed by atoms with Crippen molar-refractivity contribution in [2.75, 3.05) is 26.2 Å². The van der Waals surface area contributed by atoms with E-state index < -0.39 is 6.98 Å². The molecular weight excluding hydrogens is 286 g/mol. The minimum absolute atomic E-state index is 0.250. The Bertz CT molecular complexity index is 189. The van der Waals surface area contributed by atoms with Gasteiger partial charge in [-0.1, -0.05) is 60.2 Å². The second-order valence-electron chi connectivity index (χ2n) is 6.55. The second kappa shape index (κ2) is 14.4. The summed E-state index contributed by atoms with van der Waals surface area (Å²) in [6.45, 7) is 10.8. The number of quaternary nitrogens is 1. The Labute approximate surface area is 137 Å². The van der Waals surface area contributed by atoms with E-state index >= 15 is 0 Å². The van der Waals surface area contributed by atoms with Crippen molar-refractivity contribution in [2.24, 2.45) is 0 Å². The van der Waals surface area contributed by atoms with Gasteiger partial charge < -0.3 is 17.4 Å². The molecule has 1 nitrogen and oxygen atoms in total. The summed E-state index contributed by atoms with van der Waals surface area (Å²) in [5.41, 5.74) is 0. The lowest BCUT2D eigenvalue weighted by atomic mass is 9.99. The molecule has 0 aromatic heterocycles. The first-order valence-electron chi connectivity index (χ1n) is 9.33. The van der Waals surface area contributed by atoms with Crippen molar-refractivity contribution in [1.29, 1.82) is 0 Å². The van der Waals surface area contributed by atoms with Crippen molar-refractivity contribution < 1.29 is 17.4 Å². The van der Waals surface area contributed by atoms with Crippen LogP contribution in [-0.2, 0) is 0 Å². The van der Waals surface area contributed by atoms with Crippen LogP contribution in [0.1, 0.15) is 79.1 Å². The molecule has 0 unspecified atom stereocenters. The highest BCUT2D eigenvalue weighted by molar-refractivity contribution is 6.56. The van der Waals surface area contributed by atoms with Crippen LogP contribution >= 0.6 is 0 Å². The van der Waals surface area contributed by atoms with E-state index in [4.69, 9.17) is 0 Å². The van der Waals surface area contributed by atoms with Gasteiger partial charge in [0.2, 0.25) is 0 Å². The Hall–Kier alpha value is -0.185. The normalized spacial score (nSPS) is 12.0. The summed E-state index contributed by atoms with van der Waals surface area (Å²) in [6.07, 6.45) is 11.1. The molecule has 5 heteroatoms. The average molecular weight is 325 g/mol. The van der Waals surface area contributed by atoms with Crippen LogP contribution in [0.4, 0.5) is 12.9 Å². The Morgan fingerprint density at radius 1 is 0.591 bits per heavy atom. The molecule has 0 aliphatic carbocycles. The number of rotatable bonds is 12. The monoisotopic (exact) mass is 325 g/mol. The molecule has 0 aromatic carbocycles. The smallest absolute Gasteiger partial charge is 0.449 e. The molecule has 0 atom stereocenters. The summed E-state index contributed by atoms with van der Waals surface area (Å²) in [6, 6.07) is 0. The third-order valence-electron chi connectivity index (χ3n) is 3.94. The number of unbranched alkanes of at least 4 members (excludes halogenated alkanes) is 4. The molecule has 0 heterocycles. The third-order valence-corrected chi connectivity index (χ3v) is 3.94. The van der Waals surface area contributed by atoms with Crippen LogP contribution < -0.4 is 0 Å². The van der Waals surface area contributed by atoms with E-state index in [1.54, 1.807) is 0 Å². The van der Waals surface area contributed by atoms with Crippen LogP contribution in [0.2, 0.25) is 6.82 Å². The molecule has 0 N–H and O–H groups in total. The maximum atomic E-state index is 10.4. The molecule has 0 saturated heterocycles. The quantitative estimate of drug-likeness (QED) is 0.285. The minimum Gasteiger partial charge on any atom is -0.449 e. The van der Waals surface area contributed by atoms with E-state index in [9.17, 15) is 12.9 Å². The molecule has 136 valence electrons. The van der Waals surface area contributed by atoms with E-state index in [-0.39, 0.29) is 6.82 Å². The van der Waals surface area contributed by atoms with Crippen LogP contribution in [0.3, 0.4) is 0 Å². The molecule has 0 saturated carbocycles. The van der Waals surface area contributed by atoms with Gasteiger partial charge in [0.15, 0.2) is 0 Å². The summed E-state index contributed by atoms with van der Waals surface area (Å²) in [7, 11) is 0. The standard InChI is InChI=1S/C16H36N.CH3BF3/c1-5-9-13-17(14-10-6-2,15-11-7-3)16-12-8-4;1-2(3,4)5/h5-16H2,1-4H3;1H3/q+1;-1. The molecule has 0 bridgehead atoms. The first kappa shape index (κ1) is 24.1. The van der Waals surface area contributed by atoms with E-state index in [1.165, 1.54) is 82.0 Å². The van der Waals surface area contributed by atoms with Crippen molar-refractivity contribution >= 4 is 6.98 Å². The van der Waals surface area contributed by atoms with Crippen molar-refractivity contribution in [3.05, 3.63) is 0 Å². The molecule has 0 aliphatic rings. The maximum Gasteiger partial charge on any atom is 0.475 e. The van der Waals surface area contributed by atoms with Gasteiger partial charge in [0.25, 0.3) is 0 Å². The van der Waals surface area contributed by atoms with Crippen molar-refractivity contribution in [2.45, 2.75) is 85.9 Å². The first-order chi connectivity index (χ1) is 10.2. The van der Waals surface area contributed by atoms with Gasteiger partial charge in [0.05, 0.1) is 26.2 Å². The fourth-order valence-corrected chi connectivity index (χ4v) is 2.64. The number of nitrogens with zero attached hydrogens (tertiary/aromatic N) is 1. The third kappa shape index (κ3) is 17.9. The zero-order valence-electron chi connectivity index (χ0n) is 15.6. The first-order valence-corrected chi connectivity index (χ1v) is 9.33. The number of hydrogen-bond donors (Lipinski definition) is 0. The zero-order valence-corrected chi connectivity index (χ0v) is 15.6. The Balaban J connectivity index is 0. The van der Waals surface area contributed by atoms with E-state index in [0.29, 0.717) is 0 Å². The lowest BCUT2D eigenvalue weighted by Gasteiger charge is -2.39. The van der Waals surface area contributed by atoms with Gasteiger partial charge in [-0.3, -0.25) is 0 Å². The highest BCUT2D eigenvalue weighted by Gasteiger charge is 2.24. The summed E-state index contributed by atoms with van der Waals surface area (Å²) in [5.74, 6) is 0. The van der Waals surface area contributed by atoms with Crippen LogP contribution in [0.5, 0.6) is 0 Å². The maximum absolute atomic E-state index is 10.4. The highest BCUT2D eigenvalue weighted by atomic mass is 19.4. The number of hydrogen-bond acceptors (Lipinski definition) is 0. The van der Waals surface area contributed by atoms with E-state index in [1.807, 2.05) is 0 Å². The van der Waals surface area contributed by atoms with Gasteiger partial charge in [-0.2, -0.15) is 0 Å². The topological polar surface area (TPSA) is 0 Å². The molecule has 0 rings (SSSR count). The van der Waals surface area contributed by atoms with Gasteiger partial charge in [-0.15, -0.1) is 0 Å². The van der Waals surface area contributed by atoms with Crippen LogP contribution in [0, 0.1) is 0 Å². The SMILES string of the molecule is CCCC[N+](CCCC)(CCCC)CCCC.C[B-](F)(F)F. The van der Waals surface area contributed by atoms with Gasteiger partial charge in [0.1, 0.15) is 0 Å². The lowest BCUT2D eigenvalue weighted by Crippen LogP contribution is -2.50. The highest BCUT2D eigenvalue weighted by Crippen LogP contribution is 2.16. The second-order valence-corrected chi connectivity index (χ2v) is 6.55. The zero-order chi connectivity index (χ0) is 17.5. The van der Waals surface area contributed by atoms with Crippen LogP contribution in [0.15, 0.2) is 0 Å². The molecule has 0 radical (unpaired) electrons. The van der Waals surface area contributed by atoms with Gasteiger partial charge in [0, 0.05) is 0 Å². The number of halogens is 3. The summed E-state index contributed by atoms with van der Waals surface area (Å²) in [5, 5.41) is 0. The summed E-state index contributed by atoms with van der Waals surface area (Å²) in [4.78, 5) is 0. The van der Waals surface area contributed by atoms with Crippen molar-refractivity contribution in [1.82, 2.24) is 0 Å². The summed E-state index contributed by atoms with van der Waals surface area (Å²) < 4.78 is 32.7. The van der Waals surface area contributed by atoms with E-state index in [0.717, 1.165) is 0 Å². The lowest BCUT2D eigenvalue weighted by molar-refractivity contribution is -0.929. The average Bonchev–Trinajstić information content (AvgIpc) is 2.44. The fourth-order valence-electron chi connectivity index (χ4n) is 2.64. The molecular formula is C17H39BF3N. The minimum atomic E-state index is -4.50. The molecule has 22 heavy (non-hydrogen) atoms. The van der Waals surface area contributed by atoms with E-state index in [2.05, 4.69) is 27.7 Å².